The molecule has 1 amide bonds. The number of benzene rings is 1. The zero-order valence-corrected chi connectivity index (χ0v) is 10.2. The highest BCUT2D eigenvalue weighted by Gasteiger charge is 2.25. The molecule has 1 aliphatic rings. The summed E-state index contributed by atoms with van der Waals surface area (Å²) in [6.45, 7) is 3.74. The zero-order valence-electron chi connectivity index (χ0n) is 10.2. The van der Waals surface area contributed by atoms with Gasteiger partial charge in [0.25, 0.3) is 0 Å². The molecule has 0 spiro atoms. The van der Waals surface area contributed by atoms with E-state index >= 15 is 0 Å². The molecule has 5 nitrogen and oxygen atoms in total. The first-order valence-electron chi connectivity index (χ1n) is 5.91. The Hall–Kier alpha value is -1.88. The van der Waals surface area contributed by atoms with Crippen LogP contribution in [0.3, 0.4) is 0 Å². The highest BCUT2D eigenvalue weighted by atomic mass is 16.4. The molecule has 0 bridgehead atoms. The fourth-order valence-electron chi connectivity index (χ4n) is 2.23. The van der Waals surface area contributed by atoms with E-state index in [9.17, 15) is 9.59 Å². The van der Waals surface area contributed by atoms with Crippen molar-refractivity contribution in [2.24, 2.45) is 0 Å². The number of carboxylic acid groups (broad SMARTS) is 1. The lowest BCUT2D eigenvalue weighted by molar-refractivity contribution is -0.132. The molecule has 2 rings (SSSR count). The van der Waals surface area contributed by atoms with Crippen molar-refractivity contribution < 1.29 is 14.7 Å². The minimum absolute atomic E-state index is 0.0147. The van der Waals surface area contributed by atoms with Crippen LogP contribution in [0.15, 0.2) is 24.3 Å². The van der Waals surface area contributed by atoms with Gasteiger partial charge in [-0.2, -0.15) is 0 Å². The quantitative estimate of drug-likeness (QED) is 0.815. The molecule has 1 atom stereocenters. The molecular weight excluding hydrogens is 232 g/mol. The molecule has 0 unspecified atom stereocenters. The molecule has 1 aliphatic heterocycles. The number of rotatable bonds is 2. The van der Waals surface area contributed by atoms with E-state index in [1.54, 1.807) is 31.2 Å². The molecule has 5 heteroatoms. The summed E-state index contributed by atoms with van der Waals surface area (Å²) in [6.07, 6.45) is 0. The Morgan fingerprint density at radius 3 is 2.56 bits per heavy atom. The highest BCUT2D eigenvalue weighted by molar-refractivity contribution is 5.87. The fourth-order valence-corrected chi connectivity index (χ4v) is 2.23. The van der Waals surface area contributed by atoms with E-state index in [-0.39, 0.29) is 17.5 Å². The van der Waals surface area contributed by atoms with Crippen molar-refractivity contribution in [1.29, 1.82) is 0 Å². The Balaban J connectivity index is 2.23. The van der Waals surface area contributed by atoms with Crippen LogP contribution in [0.25, 0.3) is 0 Å². The lowest BCUT2D eigenvalue weighted by atomic mass is 10.0. The Morgan fingerprint density at radius 1 is 1.33 bits per heavy atom. The molecule has 0 aliphatic carbocycles. The molecule has 0 saturated carbocycles. The van der Waals surface area contributed by atoms with E-state index in [0.717, 1.165) is 12.1 Å². The predicted octanol–water partition coefficient (Wildman–Crippen LogP) is 0.878. The number of nitrogens with zero attached hydrogens (tertiary/aromatic N) is 1. The van der Waals surface area contributed by atoms with Crippen molar-refractivity contribution in [2.75, 3.05) is 19.6 Å². The average Bonchev–Trinajstić information content (AvgIpc) is 2.39. The Bertz CT molecular complexity index is 456. The Morgan fingerprint density at radius 2 is 2.00 bits per heavy atom. The van der Waals surface area contributed by atoms with Gasteiger partial charge in [-0.25, -0.2) is 4.79 Å². The van der Waals surface area contributed by atoms with Gasteiger partial charge < -0.3 is 15.3 Å². The topological polar surface area (TPSA) is 69.6 Å². The van der Waals surface area contributed by atoms with Crippen LogP contribution < -0.4 is 5.32 Å². The maximum Gasteiger partial charge on any atom is 0.335 e. The van der Waals surface area contributed by atoms with Gasteiger partial charge in [-0.3, -0.25) is 4.79 Å². The number of amides is 1. The number of nitrogens with one attached hydrogen (secondary N) is 1. The van der Waals surface area contributed by atoms with Crippen LogP contribution in [0.1, 0.15) is 28.9 Å². The highest BCUT2D eigenvalue weighted by Crippen LogP contribution is 2.22. The molecule has 1 heterocycles. The summed E-state index contributed by atoms with van der Waals surface area (Å²) in [6, 6.07) is 6.68. The molecule has 1 fully saturated rings. The zero-order chi connectivity index (χ0) is 13.1. The molecule has 1 saturated heterocycles. The third-order valence-corrected chi connectivity index (χ3v) is 3.19. The maximum atomic E-state index is 11.6. The summed E-state index contributed by atoms with van der Waals surface area (Å²) >= 11 is 0. The lowest BCUT2D eigenvalue weighted by Crippen LogP contribution is -2.47. The number of piperazine rings is 1. The second-order valence-electron chi connectivity index (χ2n) is 4.36. The first-order valence-corrected chi connectivity index (χ1v) is 5.91. The van der Waals surface area contributed by atoms with Crippen molar-refractivity contribution in [3.8, 4) is 0 Å². The molecule has 2 N–H and O–H groups in total. The molecule has 1 aromatic rings. The first-order chi connectivity index (χ1) is 8.59. The summed E-state index contributed by atoms with van der Waals surface area (Å²) < 4.78 is 0. The minimum Gasteiger partial charge on any atom is -0.478 e. The third kappa shape index (κ3) is 2.51. The molecule has 0 aromatic heterocycles. The number of aromatic carboxylic acids is 1. The normalized spacial score (nSPS) is 19.6. The van der Waals surface area contributed by atoms with Gasteiger partial charge in [0, 0.05) is 26.6 Å². The maximum absolute atomic E-state index is 11.6. The molecular formula is C13H16N2O3. The van der Waals surface area contributed by atoms with Crippen molar-refractivity contribution in [3.63, 3.8) is 0 Å². The van der Waals surface area contributed by atoms with Crippen LogP contribution in [0, 0.1) is 0 Å². The SMILES string of the molecule is CC(=O)N1CCNC[C@@H]1c1ccc(C(=O)O)cc1. The van der Waals surface area contributed by atoms with Crippen LogP contribution in [0.2, 0.25) is 0 Å². The summed E-state index contributed by atoms with van der Waals surface area (Å²) in [5, 5.41) is 12.1. The van der Waals surface area contributed by atoms with Crippen LogP contribution in [-0.4, -0.2) is 41.5 Å². The molecule has 18 heavy (non-hydrogen) atoms. The van der Waals surface area contributed by atoms with Crippen LogP contribution in [-0.2, 0) is 4.79 Å². The van der Waals surface area contributed by atoms with Gasteiger partial charge >= 0.3 is 5.97 Å². The molecule has 1 aromatic carbocycles. The largest absolute Gasteiger partial charge is 0.478 e. The van der Waals surface area contributed by atoms with Gasteiger partial charge in [-0.05, 0) is 17.7 Å². The van der Waals surface area contributed by atoms with Crippen LogP contribution >= 0.6 is 0 Å². The van der Waals surface area contributed by atoms with Gasteiger partial charge in [0.1, 0.15) is 0 Å². The molecule has 96 valence electrons. The predicted molar refractivity (Wildman–Crippen MR) is 66.4 cm³/mol. The summed E-state index contributed by atoms with van der Waals surface area (Å²) in [7, 11) is 0. The van der Waals surface area contributed by atoms with Crippen molar-refractivity contribution >= 4 is 11.9 Å². The van der Waals surface area contributed by atoms with Crippen LogP contribution in [0.5, 0.6) is 0 Å². The van der Waals surface area contributed by atoms with Gasteiger partial charge in [0.05, 0.1) is 11.6 Å². The molecule has 0 radical (unpaired) electrons. The number of carbonyl (C=O) groups excluding carboxylic acids is 1. The summed E-state index contributed by atoms with van der Waals surface area (Å²) in [4.78, 5) is 24.2. The van der Waals surface area contributed by atoms with E-state index in [1.165, 1.54) is 0 Å². The van der Waals surface area contributed by atoms with Crippen molar-refractivity contribution in [2.45, 2.75) is 13.0 Å². The van der Waals surface area contributed by atoms with Crippen molar-refractivity contribution in [1.82, 2.24) is 10.2 Å². The van der Waals surface area contributed by atoms with Crippen molar-refractivity contribution in [3.05, 3.63) is 35.4 Å². The second-order valence-corrected chi connectivity index (χ2v) is 4.36. The average molecular weight is 248 g/mol. The van der Waals surface area contributed by atoms with E-state index in [2.05, 4.69) is 5.32 Å². The minimum atomic E-state index is -0.938. The van der Waals surface area contributed by atoms with Gasteiger partial charge in [0.2, 0.25) is 5.91 Å². The lowest BCUT2D eigenvalue weighted by Gasteiger charge is -2.35. The van der Waals surface area contributed by atoms with Gasteiger partial charge in [0.15, 0.2) is 0 Å². The van der Waals surface area contributed by atoms with Gasteiger partial charge in [-0.1, -0.05) is 12.1 Å². The van der Waals surface area contributed by atoms with E-state index in [0.29, 0.717) is 13.1 Å². The van der Waals surface area contributed by atoms with E-state index in [1.807, 2.05) is 4.90 Å². The van der Waals surface area contributed by atoms with Gasteiger partial charge in [-0.15, -0.1) is 0 Å². The standard InChI is InChI=1S/C13H16N2O3/c1-9(16)15-7-6-14-8-12(15)10-2-4-11(5-3-10)13(17)18/h2-5,12,14H,6-8H2,1H3,(H,17,18)/t12-/m1/s1. The Kier molecular flexibility index (Phi) is 3.62. The summed E-state index contributed by atoms with van der Waals surface area (Å²) in [5.41, 5.74) is 1.22. The van der Waals surface area contributed by atoms with Crippen LogP contribution in [0.4, 0.5) is 0 Å². The summed E-state index contributed by atoms with van der Waals surface area (Å²) in [5.74, 6) is -0.893. The Labute approximate surface area is 105 Å². The number of carboxylic acids is 1. The third-order valence-electron chi connectivity index (χ3n) is 3.19. The number of hydrogen-bond donors (Lipinski definition) is 2. The van der Waals surface area contributed by atoms with E-state index < -0.39 is 5.97 Å². The second kappa shape index (κ2) is 5.18. The van der Waals surface area contributed by atoms with E-state index in [4.69, 9.17) is 5.11 Å². The fraction of sp³-hybridized carbons (Fsp3) is 0.385. The number of hydrogen-bond acceptors (Lipinski definition) is 3. The monoisotopic (exact) mass is 248 g/mol. The first kappa shape index (κ1) is 12.6. The smallest absolute Gasteiger partial charge is 0.335 e. The number of carbonyl (C=O) groups is 2.